The fourth-order valence-corrected chi connectivity index (χ4v) is 4.34. The fourth-order valence-electron chi connectivity index (χ4n) is 3.41. The van der Waals surface area contributed by atoms with Crippen molar-refractivity contribution in [2.24, 2.45) is 5.92 Å². The Morgan fingerprint density at radius 3 is 2.83 bits per heavy atom. The van der Waals surface area contributed by atoms with Crippen molar-refractivity contribution >= 4 is 28.8 Å². The molecule has 2 aromatic heterocycles. The Bertz CT molecular complexity index is 743. The maximum absolute atomic E-state index is 12.5. The van der Waals surface area contributed by atoms with Gasteiger partial charge in [0.1, 0.15) is 5.15 Å². The first kappa shape index (κ1) is 15.9. The van der Waals surface area contributed by atoms with Gasteiger partial charge in [0.15, 0.2) is 5.06 Å². The average Bonchev–Trinajstić information content (AvgIpc) is 3.05. The van der Waals surface area contributed by atoms with E-state index in [1.54, 1.807) is 30.3 Å². The van der Waals surface area contributed by atoms with E-state index in [4.69, 9.17) is 16.3 Å². The quantitative estimate of drug-likeness (QED) is 0.846. The van der Waals surface area contributed by atoms with Crippen molar-refractivity contribution in [3.05, 3.63) is 40.4 Å². The van der Waals surface area contributed by atoms with Gasteiger partial charge < -0.3 is 15.0 Å². The summed E-state index contributed by atoms with van der Waals surface area (Å²) in [5.74, 6) is 1.02. The number of nitrogens with zero attached hydrogens (tertiary/aromatic N) is 2. The molecule has 1 atom stereocenters. The second-order valence-corrected chi connectivity index (χ2v) is 7.67. The van der Waals surface area contributed by atoms with E-state index in [9.17, 15) is 4.79 Å². The Labute approximate surface area is 149 Å². The Balaban J connectivity index is 1.40. The SMILES string of the molecule is O=C(N[C@H]1CN2CCC1CC2)c1ccc(Oc2cccc(Cl)n2)s1. The van der Waals surface area contributed by atoms with Gasteiger partial charge >= 0.3 is 0 Å². The smallest absolute Gasteiger partial charge is 0.261 e. The second kappa shape index (κ2) is 6.70. The van der Waals surface area contributed by atoms with E-state index < -0.39 is 0 Å². The number of nitrogens with one attached hydrogen (secondary N) is 1. The van der Waals surface area contributed by atoms with Crippen LogP contribution in [0.3, 0.4) is 0 Å². The van der Waals surface area contributed by atoms with Crippen molar-refractivity contribution < 1.29 is 9.53 Å². The molecule has 5 nitrogen and oxygen atoms in total. The molecule has 0 aromatic carbocycles. The first-order chi connectivity index (χ1) is 11.7. The lowest BCUT2D eigenvalue weighted by Crippen LogP contribution is -2.57. The third-order valence-corrected chi connectivity index (χ3v) is 5.85. The number of rotatable bonds is 4. The number of aromatic nitrogens is 1. The van der Waals surface area contributed by atoms with Crippen LogP contribution in [0.25, 0.3) is 0 Å². The summed E-state index contributed by atoms with van der Waals surface area (Å²) < 4.78 is 5.66. The molecule has 3 fully saturated rings. The van der Waals surface area contributed by atoms with E-state index in [1.807, 2.05) is 0 Å². The molecule has 0 aliphatic carbocycles. The van der Waals surface area contributed by atoms with Crippen LogP contribution in [0.2, 0.25) is 5.15 Å². The largest absolute Gasteiger partial charge is 0.428 e. The summed E-state index contributed by atoms with van der Waals surface area (Å²) in [6, 6.07) is 9.05. The van der Waals surface area contributed by atoms with E-state index in [-0.39, 0.29) is 11.9 Å². The van der Waals surface area contributed by atoms with Crippen LogP contribution < -0.4 is 10.1 Å². The normalized spacial score (nSPS) is 25.5. The van der Waals surface area contributed by atoms with Crippen LogP contribution in [0, 0.1) is 5.92 Å². The van der Waals surface area contributed by atoms with Crippen LogP contribution in [-0.4, -0.2) is 41.5 Å². The van der Waals surface area contributed by atoms with Gasteiger partial charge in [0.05, 0.1) is 4.88 Å². The number of hydrogen-bond donors (Lipinski definition) is 1. The number of fused-ring (bicyclic) bond motifs is 3. The summed E-state index contributed by atoms with van der Waals surface area (Å²) in [4.78, 5) is 19.7. The summed E-state index contributed by atoms with van der Waals surface area (Å²) >= 11 is 7.17. The van der Waals surface area contributed by atoms with Gasteiger partial charge in [-0.15, -0.1) is 0 Å². The number of thiophene rings is 1. The number of pyridine rings is 1. The van der Waals surface area contributed by atoms with Gasteiger partial charge in [-0.2, -0.15) is 0 Å². The highest BCUT2D eigenvalue weighted by atomic mass is 35.5. The van der Waals surface area contributed by atoms with Crippen molar-refractivity contribution in [2.75, 3.05) is 19.6 Å². The Morgan fingerprint density at radius 2 is 2.12 bits per heavy atom. The molecule has 0 radical (unpaired) electrons. The average molecular weight is 364 g/mol. The van der Waals surface area contributed by atoms with Gasteiger partial charge in [0, 0.05) is 18.7 Å². The van der Waals surface area contributed by atoms with Gasteiger partial charge in [-0.3, -0.25) is 4.79 Å². The highest BCUT2D eigenvalue weighted by Crippen LogP contribution is 2.31. The lowest BCUT2D eigenvalue weighted by atomic mass is 9.84. The number of hydrogen-bond acceptors (Lipinski definition) is 5. The molecule has 3 aliphatic rings. The van der Waals surface area contributed by atoms with Crippen molar-refractivity contribution in [1.29, 1.82) is 0 Å². The van der Waals surface area contributed by atoms with E-state index in [1.165, 1.54) is 37.3 Å². The Hall–Kier alpha value is -1.63. The van der Waals surface area contributed by atoms with Gasteiger partial charge in [-0.05, 0) is 50.0 Å². The van der Waals surface area contributed by atoms with Crippen molar-refractivity contribution in [1.82, 2.24) is 15.2 Å². The molecule has 3 aliphatic heterocycles. The molecule has 3 saturated heterocycles. The van der Waals surface area contributed by atoms with Crippen molar-refractivity contribution in [3.8, 4) is 10.9 Å². The molecular weight excluding hydrogens is 346 g/mol. The minimum atomic E-state index is -0.0207. The fraction of sp³-hybridized carbons (Fsp3) is 0.412. The van der Waals surface area contributed by atoms with E-state index >= 15 is 0 Å². The molecule has 0 saturated carbocycles. The molecular formula is C17H18ClN3O2S. The minimum Gasteiger partial charge on any atom is -0.428 e. The molecule has 24 heavy (non-hydrogen) atoms. The highest BCUT2D eigenvalue weighted by molar-refractivity contribution is 7.15. The van der Waals surface area contributed by atoms with Crippen molar-refractivity contribution in [2.45, 2.75) is 18.9 Å². The van der Waals surface area contributed by atoms with Crippen LogP contribution in [-0.2, 0) is 0 Å². The zero-order valence-corrected chi connectivity index (χ0v) is 14.6. The van der Waals surface area contributed by atoms with Gasteiger partial charge in [0.2, 0.25) is 5.88 Å². The van der Waals surface area contributed by atoms with Gasteiger partial charge in [0.25, 0.3) is 5.91 Å². The van der Waals surface area contributed by atoms with Gasteiger partial charge in [-0.1, -0.05) is 29.0 Å². The summed E-state index contributed by atoms with van der Waals surface area (Å²) in [6.45, 7) is 3.30. The van der Waals surface area contributed by atoms with Crippen LogP contribution in [0.5, 0.6) is 10.9 Å². The molecule has 0 spiro atoms. The first-order valence-electron chi connectivity index (χ1n) is 8.11. The number of amides is 1. The molecule has 5 rings (SSSR count). The molecule has 5 heterocycles. The standard InChI is InChI=1S/C17H18ClN3O2S/c18-14-2-1-3-15(20-14)23-16-5-4-13(24-16)17(22)19-12-10-21-8-6-11(12)7-9-21/h1-5,11-12H,6-10H2,(H,19,22)/t12-/m0/s1. The Kier molecular flexibility index (Phi) is 4.43. The zero-order valence-electron chi connectivity index (χ0n) is 13.1. The zero-order chi connectivity index (χ0) is 16.5. The summed E-state index contributed by atoms with van der Waals surface area (Å²) in [6.07, 6.45) is 2.37. The lowest BCUT2D eigenvalue weighted by molar-refractivity contribution is 0.0622. The molecule has 1 N–H and O–H groups in total. The molecule has 2 aromatic rings. The molecule has 1 amide bonds. The number of halogens is 1. The minimum absolute atomic E-state index is 0.0207. The Morgan fingerprint density at radius 1 is 1.29 bits per heavy atom. The second-order valence-electron chi connectivity index (χ2n) is 6.24. The summed E-state index contributed by atoms with van der Waals surface area (Å²) in [5.41, 5.74) is 0. The van der Waals surface area contributed by atoms with Gasteiger partial charge in [-0.25, -0.2) is 4.98 Å². The van der Waals surface area contributed by atoms with E-state index in [0.29, 0.717) is 26.9 Å². The molecule has 0 unspecified atom stereocenters. The first-order valence-corrected chi connectivity index (χ1v) is 9.30. The monoisotopic (exact) mass is 363 g/mol. The predicted molar refractivity (Wildman–Crippen MR) is 94.1 cm³/mol. The van der Waals surface area contributed by atoms with Crippen LogP contribution in [0.15, 0.2) is 30.3 Å². The van der Waals surface area contributed by atoms with E-state index in [2.05, 4.69) is 15.2 Å². The third-order valence-electron chi connectivity index (χ3n) is 4.67. The number of ether oxygens (including phenoxy) is 1. The maximum Gasteiger partial charge on any atom is 0.261 e. The lowest BCUT2D eigenvalue weighted by Gasteiger charge is -2.44. The van der Waals surface area contributed by atoms with Crippen LogP contribution in [0.1, 0.15) is 22.5 Å². The predicted octanol–water partition coefficient (Wildman–Crippen LogP) is 3.41. The number of piperidine rings is 3. The summed E-state index contributed by atoms with van der Waals surface area (Å²) in [5, 5.41) is 4.20. The maximum atomic E-state index is 12.5. The van der Waals surface area contributed by atoms with Crippen LogP contribution in [0.4, 0.5) is 0 Å². The van der Waals surface area contributed by atoms with Crippen molar-refractivity contribution in [3.63, 3.8) is 0 Å². The van der Waals surface area contributed by atoms with E-state index in [0.717, 1.165) is 6.54 Å². The topological polar surface area (TPSA) is 54.5 Å². The highest BCUT2D eigenvalue weighted by Gasteiger charge is 2.35. The summed E-state index contributed by atoms with van der Waals surface area (Å²) in [7, 11) is 0. The molecule has 7 heteroatoms. The number of carbonyl (C=O) groups is 1. The molecule has 126 valence electrons. The number of carbonyl (C=O) groups excluding carboxylic acids is 1. The third kappa shape index (κ3) is 3.41. The van der Waals surface area contributed by atoms with Crippen LogP contribution >= 0.6 is 22.9 Å². The molecule has 2 bridgehead atoms.